The number of hydrogen-bond donors (Lipinski definition) is 0. The molecule has 1 heterocycles. The Bertz CT molecular complexity index is 265. The van der Waals surface area contributed by atoms with Crippen molar-refractivity contribution in [2.45, 2.75) is 4.84 Å². The molecule has 0 spiro atoms. The average molecular weight is 198 g/mol. The minimum Gasteiger partial charge on any atom is -0.190 e. The molecule has 0 saturated heterocycles. The van der Waals surface area contributed by atoms with Crippen LogP contribution >= 0.6 is 23.2 Å². The van der Waals surface area contributed by atoms with Crippen LogP contribution in [-0.4, -0.2) is 4.98 Å². The molecule has 1 aromatic rings. The standard InChI is InChI=1S/C6H3Cl2F2N/c7-5(8)3-1-2-4(9)11-6(3)10/h1-2,5H. The van der Waals surface area contributed by atoms with Gasteiger partial charge in [0.2, 0.25) is 11.9 Å². The highest BCUT2D eigenvalue weighted by Crippen LogP contribution is 2.25. The normalized spacial score (nSPS) is 10.6. The fourth-order valence-electron chi connectivity index (χ4n) is 0.586. The lowest BCUT2D eigenvalue weighted by atomic mass is 10.3. The summed E-state index contributed by atoms with van der Waals surface area (Å²) in [6.45, 7) is 0. The highest BCUT2D eigenvalue weighted by atomic mass is 35.5. The molecular weight excluding hydrogens is 195 g/mol. The lowest BCUT2D eigenvalue weighted by molar-refractivity contribution is 0.505. The fourth-order valence-corrected chi connectivity index (χ4v) is 0.911. The zero-order valence-corrected chi connectivity index (χ0v) is 6.70. The van der Waals surface area contributed by atoms with Gasteiger partial charge < -0.3 is 0 Å². The Kier molecular flexibility index (Phi) is 2.62. The lowest BCUT2D eigenvalue weighted by Gasteiger charge is -2.00. The first kappa shape index (κ1) is 8.68. The van der Waals surface area contributed by atoms with Crippen molar-refractivity contribution in [1.82, 2.24) is 4.98 Å². The van der Waals surface area contributed by atoms with Gasteiger partial charge in [-0.25, -0.2) is 0 Å². The van der Waals surface area contributed by atoms with Crippen LogP contribution in [0.25, 0.3) is 0 Å². The van der Waals surface area contributed by atoms with Gasteiger partial charge in [-0.15, -0.1) is 0 Å². The van der Waals surface area contributed by atoms with Crippen LogP contribution in [0, 0.1) is 11.9 Å². The second kappa shape index (κ2) is 3.32. The summed E-state index contributed by atoms with van der Waals surface area (Å²) in [4.78, 5) is 1.88. The van der Waals surface area contributed by atoms with Crippen molar-refractivity contribution < 1.29 is 8.78 Å². The topological polar surface area (TPSA) is 12.9 Å². The summed E-state index contributed by atoms with van der Waals surface area (Å²) in [5, 5.41) is 0. The summed E-state index contributed by atoms with van der Waals surface area (Å²) in [5.74, 6) is -1.86. The number of pyridine rings is 1. The van der Waals surface area contributed by atoms with Crippen molar-refractivity contribution in [1.29, 1.82) is 0 Å². The van der Waals surface area contributed by atoms with Crippen molar-refractivity contribution >= 4 is 23.2 Å². The number of aromatic nitrogens is 1. The van der Waals surface area contributed by atoms with Gasteiger partial charge >= 0.3 is 0 Å². The Morgan fingerprint density at radius 1 is 1.27 bits per heavy atom. The maximum atomic E-state index is 12.6. The molecule has 0 atom stereocenters. The first-order chi connectivity index (χ1) is 5.11. The van der Waals surface area contributed by atoms with E-state index in [-0.39, 0.29) is 5.56 Å². The van der Waals surface area contributed by atoms with Crippen molar-refractivity contribution in [3.05, 3.63) is 29.6 Å². The second-order valence-corrected chi connectivity index (χ2v) is 2.91. The molecule has 11 heavy (non-hydrogen) atoms. The van der Waals surface area contributed by atoms with Gasteiger partial charge in [0, 0.05) is 5.56 Å². The van der Waals surface area contributed by atoms with Crippen LogP contribution in [0.4, 0.5) is 8.78 Å². The smallest absolute Gasteiger partial charge is 0.190 e. The Hall–Kier alpha value is -0.410. The van der Waals surface area contributed by atoms with Gasteiger partial charge in [0.15, 0.2) is 0 Å². The lowest BCUT2D eigenvalue weighted by Crippen LogP contribution is -1.94. The van der Waals surface area contributed by atoms with Crippen molar-refractivity contribution in [3.8, 4) is 0 Å². The highest BCUT2D eigenvalue weighted by molar-refractivity contribution is 6.44. The summed E-state index contributed by atoms with van der Waals surface area (Å²) in [6.07, 6.45) is 0. The Balaban J connectivity index is 3.09. The number of rotatable bonds is 1. The molecule has 0 amide bonds. The number of halogens is 4. The van der Waals surface area contributed by atoms with Crippen molar-refractivity contribution in [2.75, 3.05) is 0 Å². The molecule has 5 heteroatoms. The van der Waals surface area contributed by atoms with E-state index in [0.29, 0.717) is 0 Å². The molecule has 1 rings (SSSR count). The van der Waals surface area contributed by atoms with E-state index in [1.54, 1.807) is 0 Å². The van der Waals surface area contributed by atoms with E-state index in [0.717, 1.165) is 12.1 Å². The third-order valence-electron chi connectivity index (χ3n) is 1.08. The van der Waals surface area contributed by atoms with Gasteiger partial charge in [0.1, 0.15) is 4.84 Å². The van der Waals surface area contributed by atoms with E-state index >= 15 is 0 Å². The molecule has 0 fully saturated rings. The molecule has 0 N–H and O–H groups in total. The summed E-state index contributed by atoms with van der Waals surface area (Å²) >= 11 is 10.6. The molecule has 0 unspecified atom stereocenters. The van der Waals surface area contributed by atoms with Gasteiger partial charge in [-0.3, -0.25) is 0 Å². The van der Waals surface area contributed by atoms with Gasteiger partial charge in [-0.05, 0) is 12.1 Å². The maximum Gasteiger partial charge on any atom is 0.221 e. The number of alkyl halides is 2. The van der Waals surface area contributed by atoms with Gasteiger partial charge in [-0.1, -0.05) is 23.2 Å². The first-order valence-corrected chi connectivity index (χ1v) is 3.58. The van der Waals surface area contributed by atoms with E-state index in [4.69, 9.17) is 23.2 Å². The molecule has 0 saturated carbocycles. The summed E-state index contributed by atoms with van der Waals surface area (Å²) < 4.78 is 24.8. The summed E-state index contributed by atoms with van der Waals surface area (Å²) in [7, 11) is 0. The monoisotopic (exact) mass is 197 g/mol. The Labute approximate surface area is 72.0 Å². The second-order valence-electron chi connectivity index (χ2n) is 1.81. The molecule has 60 valence electrons. The zero-order chi connectivity index (χ0) is 8.43. The van der Waals surface area contributed by atoms with Crippen LogP contribution < -0.4 is 0 Å². The predicted octanol–water partition coefficient (Wildman–Crippen LogP) is 2.84. The van der Waals surface area contributed by atoms with Crippen molar-refractivity contribution in [3.63, 3.8) is 0 Å². The van der Waals surface area contributed by atoms with Crippen LogP contribution in [0.5, 0.6) is 0 Å². The van der Waals surface area contributed by atoms with E-state index in [1.165, 1.54) is 0 Å². The van der Waals surface area contributed by atoms with Crippen LogP contribution in [0.15, 0.2) is 12.1 Å². The molecule has 0 aliphatic rings. The third-order valence-corrected chi connectivity index (χ3v) is 1.55. The summed E-state index contributed by atoms with van der Waals surface area (Å²) in [5.41, 5.74) is -0.0188. The van der Waals surface area contributed by atoms with Gasteiger partial charge in [0.25, 0.3) is 0 Å². The zero-order valence-electron chi connectivity index (χ0n) is 5.19. The fraction of sp³-hybridized carbons (Fsp3) is 0.167. The summed E-state index contributed by atoms with van der Waals surface area (Å²) in [6, 6.07) is 2.15. The van der Waals surface area contributed by atoms with E-state index < -0.39 is 16.7 Å². The molecule has 0 aliphatic carbocycles. The maximum absolute atomic E-state index is 12.6. The molecule has 1 aromatic heterocycles. The van der Waals surface area contributed by atoms with Gasteiger partial charge in [0.05, 0.1) is 0 Å². The number of nitrogens with zero attached hydrogens (tertiary/aromatic N) is 1. The molecule has 1 nitrogen and oxygen atoms in total. The highest BCUT2D eigenvalue weighted by Gasteiger charge is 2.11. The van der Waals surface area contributed by atoms with E-state index in [9.17, 15) is 8.78 Å². The van der Waals surface area contributed by atoms with Crippen LogP contribution in [0.1, 0.15) is 10.4 Å². The van der Waals surface area contributed by atoms with E-state index in [2.05, 4.69) is 4.98 Å². The minimum atomic E-state index is -1.01. The molecule has 0 radical (unpaired) electrons. The molecule has 0 aliphatic heterocycles. The third kappa shape index (κ3) is 2.01. The quantitative estimate of drug-likeness (QED) is 0.499. The molecule has 0 aromatic carbocycles. The SMILES string of the molecule is Fc1ccc(C(Cl)Cl)c(F)n1. The number of hydrogen-bond acceptors (Lipinski definition) is 1. The van der Waals surface area contributed by atoms with Crippen molar-refractivity contribution in [2.24, 2.45) is 0 Å². The molecule has 0 bridgehead atoms. The van der Waals surface area contributed by atoms with Crippen LogP contribution in [0.3, 0.4) is 0 Å². The minimum absolute atomic E-state index is 0.0188. The first-order valence-electron chi connectivity index (χ1n) is 2.71. The average Bonchev–Trinajstić information content (AvgIpc) is 1.85. The van der Waals surface area contributed by atoms with E-state index in [1.807, 2.05) is 0 Å². The largest absolute Gasteiger partial charge is 0.221 e. The van der Waals surface area contributed by atoms with Crippen LogP contribution in [-0.2, 0) is 0 Å². The van der Waals surface area contributed by atoms with Crippen LogP contribution in [0.2, 0.25) is 0 Å². The predicted molar refractivity (Wildman–Crippen MR) is 38.6 cm³/mol. The Morgan fingerprint density at radius 2 is 1.91 bits per heavy atom. The Morgan fingerprint density at radius 3 is 2.36 bits per heavy atom. The molecular formula is C6H3Cl2F2N. The van der Waals surface area contributed by atoms with Gasteiger partial charge in [-0.2, -0.15) is 13.8 Å².